The van der Waals surface area contributed by atoms with E-state index < -0.39 is 11.5 Å². The fraction of sp³-hybridized carbons (Fsp3) is 0.208. The average Bonchev–Trinajstić information content (AvgIpc) is 2.88. The van der Waals surface area contributed by atoms with Gasteiger partial charge in [-0.25, -0.2) is 5.43 Å². The third-order valence-corrected chi connectivity index (χ3v) is 5.05. The van der Waals surface area contributed by atoms with Gasteiger partial charge in [0.15, 0.2) is 17.2 Å². The Kier molecular flexibility index (Phi) is 7.68. The summed E-state index contributed by atoms with van der Waals surface area (Å²) in [5.41, 5.74) is 2.46. The zero-order valence-corrected chi connectivity index (χ0v) is 19.8. The molecule has 11 nitrogen and oxygen atoms in total. The third kappa shape index (κ3) is 5.06. The lowest BCUT2D eigenvalue weighted by atomic mass is 10.1. The quantitative estimate of drug-likeness (QED) is 0.385. The molecule has 0 aliphatic heterocycles. The van der Waals surface area contributed by atoms with Crippen molar-refractivity contribution < 1.29 is 23.7 Å². The number of methoxy groups -OCH3 is 4. The molecule has 0 bridgehead atoms. The second-order valence-electron chi connectivity index (χ2n) is 7.03. The smallest absolute Gasteiger partial charge is 0.292 e. The molecule has 180 valence electrons. The summed E-state index contributed by atoms with van der Waals surface area (Å²) in [6, 6.07) is 11.6. The van der Waals surface area contributed by atoms with Crippen LogP contribution in [0, 0.1) is 18.3 Å². The summed E-state index contributed by atoms with van der Waals surface area (Å²) in [6.07, 6.45) is 1.38. The first-order valence-electron chi connectivity index (χ1n) is 10.2. The zero-order valence-electron chi connectivity index (χ0n) is 19.8. The molecule has 11 heteroatoms. The standard InChI is InChI=1S/C24H23N5O6/c1-14-18(12-25)24(31)29(16-6-8-17(32-2)9-7-16)28-21(14)23(30)27-26-13-15-10-19(33-3)22(35-5)20(11-15)34-4/h6-11,13H,1-5H3,(H,27,30)/b26-13+. The van der Waals surface area contributed by atoms with Gasteiger partial charge in [0, 0.05) is 11.1 Å². The van der Waals surface area contributed by atoms with Gasteiger partial charge in [-0.1, -0.05) is 0 Å². The first kappa shape index (κ1) is 24.8. The van der Waals surface area contributed by atoms with E-state index in [9.17, 15) is 14.9 Å². The van der Waals surface area contributed by atoms with Crippen LogP contribution in [0.15, 0.2) is 46.3 Å². The largest absolute Gasteiger partial charge is 0.497 e. The number of rotatable bonds is 8. The van der Waals surface area contributed by atoms with Gasteiger partial charge < -0.3 is 18.9 Å². The molecule has 0 aliphatic carbocycles. The van der Waals surface area contributed by atoms with Crippen LogP contribution in [-0.4, -0.2) is 50.3 Å². The predicted molar refractivity (Wildman–Crippen MR) is 127 cm³/mol. The number of nitrogens with one attached hydrogen (secondary N) is 1. The van der Waals surface area contributed by atoms with Crippen LogP contribution in [0.3, 0.4) is 0 Å². The van der Waals surface area contributed by atoms with Crippen LogP contribution in [0.2, 0.25) is 0 Å². The summed E-state index contributed by atoms with van der Waals surface area (Å²) in [4.78, 5) is 25.6. The number of amides is 1. The van der Waals surface area contributed by atoms with Gasteiger partial charge in [-0.05, 0) is 43.3 Å². The van der Waals surface area contributed by atoms with E-state index in [0.29, 0.717) is 34.2 Å². The lowest BCUT2D eigenvalue weighted by Crippen LogP contribution is -2.31. The Morgan fingerprint density at radius 2 is 1.69 bits per heavy atom. The van der Waals surface area contributed by atoms with Crippen LogP contribution < -0.4 is 29.9 Å². The van der Waals surface area contributed by atoms with Crippen LogP contribution in [0.25, 0.3) is 5.69 Å². The highest BCUT2D eigenvalue weighted by Gasteiger charge is 2.20. The van der Waals surface area contributed by atoms with Gasteiger partial charge >= 0.3 is 0 Å². The maximum Gasteiger partial charge on any atom is 0.292 e. The fourth-order valence-electron chi connectivity index (χ4n) is 3.25. The Balaban J connectivity index is 1.94. The first-order valence-corrected chi connectivity index (χ1v) is 10.2. The topological polar surface area (TPSA) is 137 Å². The summed E-state index contributed by atoms with van der Waals surface area (Å²) in [5, 5.41) is 17.7. The summed E-state index contributed by atoms with van der Waals surface area (Å²) in [7, 11) is 5.97. The molecule has 1 N–H and O–H groups in total. The number of carbonyl (C=O) groups excluding carboxylic acids is 1. The summed E-state index contributed by atoms with van der Waals surface area (Å²) in [5.74, 6) is 1.13. The van der Waals surface area contributed by atoms with Crippen LogP contribution in [0.5, 0.6) is 23.0 Å². The first-order chi connectivity index (χ1) is 16.9. The van der Waals surface area contributed by atoms with E-state index >= 15 is 0 Å². The van der Waals surface area contributed by atoms with E-state index in [1.54, 1.807) is 36.4 Å². The lowest BCUT2D eigenvalue weighted by molar-refractivity contribution is 0.0947. The Bertz CT molecular complexity index is 1350. The van der Waals surface area contributed by atoms with E-state index in [0.717, 1.165) is 4.68 Å². The van der Waals surface area contributed by atoms with Crippen LogP contribution in [0.1, 0.15) is 27.2 Å². The highest BCUT2D eigenvalue weighted by Crippen LogP contribution is 2.37. The molecule has 0 atom stereocenters. The van der Waals surface area contributed by atoms with Crippen molar-refractivity contribution in [1.82, 2.24) is 15.2 Å². The number of nitrogens with zero attached hydrogens (tertiary/aromatic N) is 4. The van der Waals surface area contributed by atoms with Gasteiger partial charge in [-0.15, -0.1) is 0 Å². The number of ether oxygens (including phenoxy) is 4. The number of carbonyl (C=O) groups is 1. The highest BCUT2D eigenvalue weighted by molar-refractivity contribution is 5.94. The molecule has 0 aliphatic rings. The molecule has 2 aromatic carbocycles. The van der Waals surface area contributed by atoms with Crippen LogP contribution >= 0.6 is 0 Å². The van der Waals surface area contributed by atoms with Crippen LogP contribution in [0.4, 0.5) is 0 Å². The molecule has 3 aromatic rings. The predicted octanol–water partition coefficient (Wildman–Crippen LogP) is 2.21. The zero-order chi connectivity index (χ0) is 25.5. The van der Waals surface area contributed by atoms with E-state index in [-0.39, 0.29) is 16.8 Å². The lowest BCUT2D eigenvalue weighted by Gasteiger charge is -2.12. The maximum absolute atomic E-state index is 12.9. The number of hydrogen-bond acceptors (Lipinski definition) is 9. The Hall–Kier alpha value is -4.85. The Morgan fingerprint density at radius 3 is 2.20 bits per heavy atom. The maximum atomic E-state index is 12.9. The molecule has 0 saturated carbocycles. The number of aromatic nitrogens is 2. The van der Waals surface area contributed by atoms with Gasteiger partial charge in [0.05, 0.1) is 40.3 Å². The fourth-order valence-corrected chi connectivity index (χ4v) is 3.25. The van der Waals surface area contributed by atoms with Crippen molar-refractivity contribution in [2.75, 3.05) is 28.4 Å². The van der Waals surface area contributed by atoms with E-state index in [1.165, 1.54) is 41.6 Å². The van der Waals surface area contributed by atoms with Crippen molar-refractivity contribution in [3.05, 3.63) is 69.1 Å². The third-order valence-electron chi connectivity index (χ3n) is 5.05. The second-order valence-corrected chi connectivity index (χ2v) is 7.03. The average molecular weight is 477 g/mol. The van der Waals surface area contributed by atoms with Crippen molar-refractivity contribution in [3.8, 4) is 34.8 Å². The van der Waals surface area contributed by atoms with Crippen LogP contribution in [-0.2, 0) is 0 Å². The van der Waals surface area contributed by atoms with Crippen molar-refractivity contribution >= 4 is 12.1 Å². The van der Waals surface area contributed by atoms with E-state index in [4.69, 9.17) is 18.9 Å². The Morgan fingerprint density at radius 1 is 1.06 bits per heavy atom. The molecule has 0 saturated heterocycles. The van der Waals surface area contributed by atoms with Gasteiger partial charge in [-0.3, -0.25) is 9.59 Å². The molecule has 1 aromatic heterocycles. The van der Waals surface area contributed by atoms with Crippen molar-refractivity contribution in [3.63, 3.8) is 0 Å². The monoisotopic (exact) mass is 477 g/mol. The molecule has 1 heterocycles. The van der Waals surface area contributed by atoms with Gasteiger partial charge in [-0.2, -0.15) is 20.1 Å². The van der Waals surface area contributed by atoms with Crippen molar-refractivity contribution in [2.24, 2.45) is 5.10 Å². The molecular formula is C24H23N5O6. The number of benzene rings is 2. The minimum absolute atomic E-state index is 0.126. The molecule has 0 spiro atoms. The molecule has 3 rings (SSSR count). The number of nitriles is 1. The summed E-state index contributed by atoms with van der Waals surface area (Å²) >= 11 is 0. The number of hydrogen-bond donors (Lipinski definition) is 1. The Labute approximate surface area is 201 Å². The highest BCUT2D eigenvalue weighted by atomic mass is 16.5. The second kappa shape index (κ2) is 10.8. The van der Waals surface area contributed by atoms with Gasteiger partial charge in [0.25, 0.3) is 11.5 Å². The number of hydrazone groups is 1. The van der Waals surface area contributed by atoms with Crippen molar-refractivity contribution in [1.29, 1.82) is 5.26 Å². The van der Waals surface area contributed by atoms with Crippen molar-refractivity contribution in [2.45, 2.75) is 6.92 Å². The summed E-state index contributed by atoms with van der Waals surface area (Å²) < 4.78 is 22.0. The van der Waals surface area contributed by atoms with E-state index in [1.807, 2.05) is 6.07 Å². The molecule has 35 heavy (non-hydrogen) atoms. The summed E-state index contributed by atoms with van der Waals surface area (Å²) in [6.45, 7) is 1.48. The molecule has 0 radical (unpaired) electrons. The van der Waals surface area contributed by atoms with Gasteiger partial charge in [0.2, 0.25) is 5.75 Å². The SMILES string of the molecule is COc1ccc(-n2nc(C(=O)N/N=C/c3cc(OC)c(OC)c(OC)c3)c(C)c(C#N)c2=O)cc1. The molecule has 1 amide bonds. The molecular weight excluding hydrogens is 454 g/mol. The molecule has 0 unspecified atom stereocenters. The minimum atomic E-state index is -0.704. The molecule has 0 fully saturated rings. The normalized spacial score (nSPS) is 10.5. The van der Waals surface area contributed by atoms with E-state index in [2.05, 4.69) is 15.6 Å². The minimum Gasteiger partial charge on any atom is -0.497 e. The van der Waals surface area contributed by atoms with Gasteiger partial charge in [0.1, 0.15) is 17.4 Å².